The smallest absolute Gasteiger partial charge is 0.408 e. The molecule has 2 aromatic carbocycles. The van der Waals surface area contributed by atoms with E-state index in [-0.39, 0.29) is 82.3 Å². The quantitative estimate of drug-likeness (QED) is 0.0425. The summed E-state index contributed by atoms with van der Waals surface area (Å²) in [6.45, 7) is 0.795. The number of primary amides is 1. The number of azide groups is 1. The van der Waals surface area contributed by atoms with Gasteiger partial charge in [-0.05, 0) is 17.5 Å². The van der Waals surface area contributed by atoms with Crippen LogP contribution >= 0.6 is 0 Å². The third kappa shape index (κ3) is 12.7. The summed E-state index contributed by atoms with van der Waals surface area (Å²) in [5.74, 6) is -1.70. The van der Waals surface area contributed by atoms with E-state index in [4.69, 9.17) is 20.7 Å². The second kappa shape index (κ2) is 19.0. The van der Waals surface area contributed by atoms with Crippen molar-refractivity contribution in [2.24, 2.45) is 10.8 Å². The number of nitrogens with zero attached hydrogens (tertiary/aromatic N) is 5. The Bertz CT molecular complexity index is 1340. The molecule has 0 aliphatic heterocycles. The van der Waals surface area contributed by atoms with Crippen molar-refractivity contribution in [2.75, 3.05) is 39.5 Å². The molecule has 0 saturated carbocycles. The first kappa shape index (κ1) is 34.9. The topological polar surface area (TPSA) is 252 Å². The Morgan fingerprint density at radius 1 is 1.05 bits per heavy atom. The lowest BCUT2D eigenvalue weighted by Gasteiger charge is -2.28. The van der Waals surface area contributed by atoms with Crippen LogP contribution in [0.3, 0.4) is 0 Å². The predicted molar refractivity (Wildman–Crippen MR) is 155 cm³/mol. The molecule has 0 bridgehead atoms. The third-order valence-corrected chi connectivity index (χ3v) is 6.05. The second-order valence-electron chi connectivity index (χ2n) is 9.22. The summed E-state index contributed by atoms with van der Waals surface area (Å²) in [5.41, 5.74) is 14.3. The summed E-state index contributed by atoms with van der Waals surface area (Å²) in [7, 11) is 0. The normalized spacial score (nSPS) is 11.1. The number of hydrogen-bond donors (Lipinski definition) is 4. The van der Waals surface area contributed by atoms with E-state index in [0.29, 0.717) is 5.56 Å². The summed E-state index contributed by atoms with van der Waals surface area (Å²) in [6.07, 6.45) is -1.81. The van der Waals surface area contributed by atoms with Crippen molar-refractivity contribution in [3.8, 4) is 0 Å². The number of benzene rings is 2. The number of hydrogen-bond acceptors (Lipinski definition) is 9. The molecule has 2 rings (SSSR count). The molecule has 0 aliphatic carbocycles. The zero-order valence-corrected chi connectivity index (χ0v) is 23.8. The lowest BCUT2D eigenvalue weighted by molar-refractivity contribution is -0.385. The van der Waals surface area contributed by atoms with Crippen molar-refractivity contribution in [2.45, 2.75) is 31.8 Å². The van der Waals surface area contributed by atoms with E-state index >= 15 is 0 Å². The highest BCUT2D eigenvalue weighted by Crippen LogP contribution is 2.25. The molecule has 0 radical (unpaired) electrons. The van der Waals surface area contributed by atoms with Crippen LogP contribution < -0.4 is 16.4 Å². The molecule has 5 N–H and O–H groups in total. The van der Waals surface area contributed by atoms with Crippen LogP contribution in [0.4, 0.5) is 16.2 Å². The highest BCUT2D eigenvalue weighted by molar-refractivity contribution is 5.86. The van der Waals surface area contributed by atoms with E-state index in [2.05, 4.69) is 20.7 Å². The number of carboxylic acid groups (broad SMARTS) is 1. The molecule has 2 aromatic rings. The van der Waals surface area contributed by atoms with Crippen LogP contribution in [0.2, 0.25) is 0 Å². The van der Waals surface area contributed by atoms with Gasteiger partial charge in [-0.3, -0.25) is 29.4 Å². The molecule has 0 heterocycles. The number of carbonyl (C=O) groups excluding carboxylic acids is 3. The van der Waals surface area contributed by atoms with Crippen molar-refractivity contribution in [1.29, 1.82) is 0 Å². The summed E-state index contributed by atoms with van der Waals surface area (Å²) in [5, 5.41) is 29.5. The van der Waals surface area contributed by atoms with Gasteiger partial charge < -0.3 is 30.9 Å². The molecule has 1 atom stereocenters. The van der Waals surface area contributed by atoms with Gasteiger partial charge in [-0.25, -0.2) is 4.79 Å². The minimum atomic E-state index is -1.31. The Balaban J connectivity index is 1.68. The Morgan fingerprint density at radius 2 is 1.70 bits per heavy atom. The van der Waals surface area contributed by atoms with Crippen LogP contribution in [0.25, 0.3) is 10.4 Å². The van der Waals surface area contributed by atoms with E-state index in [0.717, 1.165) is 11.0 Å². The number of nitrogens with one attached hydrogen (secondary N) is 2. The predicted octanol–water partition coefficient (Wildman–Crippen LogP) is 2.16. The monoisotopic (exact) mass is 614 g/mol. The Hall–Kier alpha value is -5.25. The number of nitrogens with two attached hydrogens (primary N) is 1. The first-order valence-corrected chi connectivity index (χ1v) is 13.5. The van der Waals surface area contributed by atoms with Gasteiger partial charge in [0.15, 0.2) is 0 Å². The molecule has 1 unspecified atom stereocenters. The fraction of sp³-hybridized carbons (Fsp3) is 0.407. The van der Waals surface area contributed by atoms with Gasteiger partial charge in [0, 0.05) is 48.3 Å². The standard InChI is InChI=1S/C27H34N8O9/c28-24(36)9-8-22(34(27(39)40)18-19-4-2-1-3-5-19)26(38)31-11-13-44-15-14-43-12-10-30-25(37)16-20-6-7-21(32-33-29)17-23(20)35(41)42/h1-7,17,22H,8-16,18H2,(H2,28,36)(H,30,37)(H,31,38)(H,39,40). The summed E-state index contributed by atoms with van der Waals surface area (Å²) < 4.78 is 10.8. The van der Waals surface area contributed by atoms with Crippen LogP contribution in [0, 0.1) is 10.1 Å². The number of ether oxygens (including phenoxy) is 2. The highest BCUT2D eigenvalue weighted by atomic mass is 16.6. The summed E-state index contributed by atoms with van der Waals surface area (Å²) >= 11 is 0. The van der Waals surface area contributed by atoms with Crippen molar-refractivity contribution < 1.29 is 38.7 Å². The zero-order chi connectivity index (χ0) is 32.3. The maximum Gasteiger partial charge on any atom is 0.408 e. The van der Waals surface area contributed by atoms with Gasteiger partial charge in [0.05, 0.1) is 37.8 Å². The van der Waals surface area contributed by atoms with E-state index in [9.17, 15) is 34.4 Å². The van der Waals surface area contributed by atoms with E-state index < -0.39 is 34.8 Å². The maximum absolute atomic E-state index is 12.8. The molecule has 4 amide bonds. The highest BCUT2D eigenvalue weighted by Gasteiger charge is 2.30. The van der Waals surface area contributed by atoms with Gasteiger partial charge >= 0.3 is 6.09 Å². The second-order valence-corrected chi connectivity index (χ2v) is 9.22. The average Bonchev–Trinajstić information content (AvgIpc) is 2.98. The maximum atomic E-state index is 12.8. The molecule has 0 aromatic heterocycles. The van der Waals surface area contributed by atoms with Crippen molar-refractivity contribution in [3.63, 3.8) is 0 Å². The molecule has 0 spiro atoms. The first-order chi connectivity index (χ1) is 21.1. The fourth-order valence-corrected chi connectivity index (χ4v) is 3.97. The fourth-order valence-electron chi connectivity index (χ4n) is 3.97. The van der Waals surface area contributed by atoms with Crippen LogP contribution in [0.1, 0.15) is 24.0 Å². The molecule has 17 nitrogen and oxygen atoms in total. The summed E-state index contributed by atoms with van der Waals surface area (Å²) in [6, 6.07) is 11.4. The summed E-state index contributed by atoms with van der Waals surface area (Å²) in [4.78, 5) is 62.4. The van der Waals surface area contributed by atoms with Crippen LogP contribution in [-0.2, 0) is 36.8 Å². The molecule has 236 valence electrons. The number of carbonyl (C=O) groups is 4. The van der Waals surface area contributed by atoms with Gasteiger partial charge in [-0.1, -0.05) is 47.6 Å². The first-order valence-electron chi connectivity index (χ1n) is 13.5. The lowest BCUT2D eigenvalue weighted by atomic mass is 10.1. The molecule has 44 heavy (non-hydrogen) atoms. The third-order valence-electron chi connectivity index (χ3n) is 6.05. The van der Waals surface area contributed by atoms with Gasteiger partial charge in [-0.2, -0.15) is 0 Å². The Morgan fingerprint density at radius 3 is 2.30 bits per heavy atom. The largest absolute Gasteiger partial charge is 0.465 e. The van der Waals surface area contributed by atoms with Crippen LogP contribution in [0.15, 0.2) is 53.6 Å². The molecular weight excluding hydrogens is 580 g/mol. The molecule has 0 aliphatic rings. The minimum absolute atomic E-state index is 0.0484. The average molecular weight is 615 g/mol. The van der Waals surface area contributed by atoms with Gasteiger partial charge in [0.1, 0.15) is 6.04 Å². The molecule has 0 fully saturated rings. The van der Waals surface area contributed by atoms with Crippen molar-refractivity contribution >= 4 is 35.2 Å². The Labute approximate surface area is 252 Å². The number of nitro groups is 1. The minimum Gasteiger partial charge on any atom is -0.465 e. The molecule has 0 saturated heterocycles. The Kier molecular flexibility index (Phi) is 15.1. The van der Waals surface area contributed by atoms with Crippen LogP contribution in [0.5, 0.6) is 0 Å². The van der Waals surface area contributed by atoms with E-state index in [1.807, 2.05) is 0 Å². The van der Waals surface area contributed by atoms with E-state index in [1.54, 1.807) is 30.3 Å². The SMILES string of the molecule is [N-]=[N+]=Nc1ccc(CC(=O)NCCOCCOCCNC(=O)C(CCC(N)=O)N(Cc2ccccc2)C(=O)O)c([N+](=O)[O-])c1. The van der Waals surface area contributed by atoms with E-state index in [1.165, 1.54) is 12.1 Å². The number of nitro benzene ring substituents is 1. The lowest BCUT2D eigenvalue weighted by Crippen LogP contribution is -2.49. The van der Waals surface area contributed by atoms with Crippen molar-refractivity contribution in [1.82, 2.24) is 15.5 Å². The number of amides is 4. The zero-order valence-electron chi connectivity index (χ0n) is 23.8. The van der Waals surface area contributed by atoms with Crippen molar-refractivity contribution in [3.05, 3.63) is 80.2 Å². The van der Waals surface area contributed by atoms with Gasteiger partial charge in [0.2, 0.25) is 17.7 Å². The van der Waals surface area contributed by atoms with Gasteiger partial charge in [0.25, 0.3) is 5.69 Å². The molecule has 17 heteroatoms. The van der Waals surface area contributed by atoms with Gasteiger partial charge in [-0.15, -0.1) is 0 Å². The van der Waals surface area contributed by atoms with Crippen LogP contribution in [-0.4, -0.2) is 84.3 Å². The number of rotatable bonds is 20. The molecular formula is C27H34N8O9.